The fraction of sp³-hybridized carbons (Fsp3) is 0.714. The van der Waals surface area contributed by atoms with Crippen molar-refractivity contribution in [3.05, 3.63) is 35.9 Å². The Bertz CT molecular complexity index is 350. The van der Waals surface area contributed by atoms with Gasteiger partial charge in [0, 0.05) is 5.56 Å². The van der Waals surface area contributed by atoms with Gasteiger partial charge in [-0.2, -0.15) is 0 Å². The number of benzene rings is 1. The molecule has 1 rings (SSSR count). The molecule has 0 aliphatic carbocycles. The Morgan fingerprint density at radius 2 is 1.22 bits per heavy atom. The zero-order chi connectivity index (χ0) is 16.6. The van der Waals surface area contributed by atoms with E-state index in [9.17, 15) is 5.11 Å². The lowest BCUT2D eigenvalue weighted by molar-refractivity contribution is -0.103. The smallest absolute Gasteiger partial charge is 0.181 e. The Balaban J connectivity index is 1.81. The maximum Gasteiger partial charge on any atom is 0.181 e. The molecule has 0 aliphatic rings. The highest BCUT2D eigenvalue weighted by molar-refractivity contribution is 5.15. The Hall–Kier alpha value is -0.860. The van der Waals surface area contributed by atoms with E-state index in [4.69, 9.17) is 4.74 Å². The molecule has 0 aromatic heterocycles. The molecule has 1 unspecified atom stereocenters. The van der Waals surface area contributed by atoms with Crippen LogP contribution in [-0.4, -0.2) is 11.7 Å². The minimum absolute atomic E-state index is 0.646. The minimum Gasteiger partial charge on any atom is -0.364 e. The van der Waals surface area contributed by atoms with E-state index < -0.39 is 6.29 Å². The van der Waals surface area contributed by atoms with Crippen LogP contribution in [0.3, 0.4) is 0 Å². The number of aliphatic hydroxyl groups is 1. The van der Waals surface area contributed by atoms with Gasteiger partial charge in [0.25, 0.3) is 0 Å². The van der Waals surface area contributed by atoms with Gasteiger partial charge in [0.15, 0.2) is 6.29 Å². The van der Waals surface area contributed by atoms with E-state index in [1.165, 1.54) is 70.6 Å². The van der Waals surface area contributed by atoms with Crippen molar-refractivity contribution in [2.24, 2.45) is 0 Å². The lowest BCUT2D eigenvalue weighted by Gasteiger charge is -2.12. The molecule has 1 aromatic carbocycles. The monoisotopic (exact) mass is 320 g/mol. The third-order valence-corrected chi connectivity index (χ3v) is 4.36. The molecular weight excluding hydrogens is 284 g/mol. The number of ether oxygens (including phenoxy) is 1. The average molecular weight is 321 g/mol. The van der Waals surface area contributed by atoms with Crippen molar-refractivity contribution in [3.63, 3.8) is 0 Å². The van der Waals surface area contributed by atoms with Crippen molar-refractivity contribution in [2.45, 2.75) is 90.3 Å². The summed E-state index contributed by atoms with van der Waals surface area (Å²) < 4.78 is 5.48. The van der Waals surface area contributed by atoms with Crippen LogP contribution in [0, 0.1) is 0 Å². The predicted octanol–water partition coefficient (Wildman–Crippen LogP) is 6.40. The summed E-state index contributed by atoms with van der Waals surface area (Å²) in [5, 5.41) is 9.88. The van der Waals surface area contributed by atoms with E-state index >= 15 is 0 Å². The summed E-state index contributed by atoms with van der Waals surface area (Å²) in [4.78, 5) is 0. The van der Waals surface area contributed by atoms with Crippen LogP contribution in [0.4, 0.5) is 0 Å². The first kappa shape index (κ1) is 20.2. The standard InChI is InChI=1S/C21H36O2/c1-2-3-4-5-6-7-8-9-10-11-12-16-19-23-21(22)20-17-14-13-15-18-20/h13-15,17-18,21-22H,2-12,16,19H2,1H3. The summed E-state index contributed by atoms with van der Waals surface area (Å²) in [5.41, 5.74) is 0.839. The van der Waals surface area contributed by atoms with Gasteiger partial charge in [0.1, 0.15) is 0 Å². The predicted molar refractivity (Wildman–Crippen MR) is 98.4 cm³/mol. The first-order chi connectivity index (χ1) is 11.3. The van der Waals surface area contributed by atoms with E-state index in [0.717, 1.165) is 12.0 Å². The summed E-state index contributed by atoms with van der Waals surface area (Å²) in [6, 6.07) is 9.58. The molecule has 23 heavy (non-hydrogen) atoms. The lowest BCUT2D eigenvalue weighted by Crippen LogP contribution is -2.04. The van der Waals surface area contributed by atoms with Gasteiger partial charge in [-0.1, -0.05) is 108 Å². The highest BCUT2D eigenvalue weighted by Crippen LogP contribution is 2.15. The second-order valence-corrected chi connectivity index (χ2v) is 6.52. The number of unbranched alkanes of at least 4 members (excludes halogenated alkanes) is 11. The summed E-state index contributed by atoms with van der Waals surface area (Å²) in [6.45, 7) is 2.92. The van der Waals surface area contributed by atoms with Crippen molar-refractivity contribution in [3.8, 4) is 0 Å². The third-order valence-electron chi connectivity index (χ3n) is 4.36. The highest BCUT2D eigenvalue weighted by atomic mass is 16.6. The van der Waals surface area contributed by atoms with Gasteiger partial charge in [0.2, 0.25) is 0 Å². The van der Waals surface area contributed by atoms with Crippen molar-refractivity contribution in [1.29, 1.82) is 0 Å². The average Bonchev–Trinajstić information content (AvgIpc) is 2.59. The Labute approximate surface area is 143 Å². The molecule has 0 aliphatic heterocycles. The summed E-state index contributed by atoms with van der Waals surface area (Å²) >= 11 is 0. The Morgan fingerprint density at radius 3 is 1.74 bits per heavy atom. The van der Waals surface area contributed by atoms with Crippen LogP contribution in [0.25, 0.3) is 0 Å². The molecular formula is C21H36O2. The van der Waals surface area contributed by atoms with Gasteiger partial charge in [0.05, 0.1) is 6.61 Å². The normalized spacial score (nSPS) is 12.4. The van der Waals surface area contributed by atoms with Crippen molar-refractivity contribution < 1.29 is 9.84 Å². The number of rotatable bonds is 15. The second kappa shape index (κ2) is 14.7. The van der Waals surface area contributed by atoms with E-state index in [1.807, 2.05) is 30.3 Å². The fourth-order valence-electron chi connectivity index (χ4n) is 2.85. The van der Waals surface area contributed by atoms with Crippen LogP contribution >= 0.6 is 0 Å². The molecule has 0 amide bonds. The second-order valence-electron chi connectivity index (χ2n) is 6.52. The Kier molecular flexibility index (Phi) is 12.9. The van der Waals surface area contributed by atoms with E-state index in [1.54, 1.807) is 0 Å². The van der Waals surface area contributed by atoms with Gasteiger partial charge < -0.3 is 9.84 Å². The Morgan fingerprint density at radius 1 is 0.739 bits per heavy atom. The van der Waals surface area contributed by atoms with Gasteiger partial charge in [-0.05, 0) is 6.42 Å². The van der Waals surface area contributed by atoms with Gasteiger partial charge in [-0.3, -0.25) is 0 Å². The number of hydrogen-bond donors (Lipinski definition) is 1. The third kappa shape index (κ3) is 11.3. The molecule has 0 saturated heterocycles. The zero-order valence-corrected chi connectivity index (χ0v) is 15.0. The van der Waals surface area contributed by atoms with E-state index in [2.05, 4.69) is 6.92 Å². The van der Waals surface area contributed by atoms with Crippen molar-refractivity contribution in [2.75, 3.05) is 6.61 Å². The molecule has 0 saturated carbocycles. The van der Waals surface area contributed by atoms with Crippen LogP contribution in [0.15, 0.2) is 30.3 Å². The molecule has 0 spiro atoms. The summed E-state index contributed by atoms with van der Waals surface area (Å²) in [6.07, 6.45) is 15.3. The van der Waals surface area contributed by atoms with Crippen molar-refractivity contribution in [1.82, 2.24) is 0 Å². The van der Waals surface area contributed by atoms with Crippen LogP contribution in [0.2, 0.25) is 0 Å². The molecule has 1 N–H and O–H groups in total. The highest BCUT2D eigenvalue weighted by Gasteiger charge is 2.05. The molecule has 1 aromatic rings. The molecule has 2 nitrogen and oxygen atoms in total. The van der Waals surface area contributed by atoms with Crippen LogP contribution < -0.4 is 0 Å². The first-order valence-electron chi connectivity index (χ1n) is 9.69. The van der Waals surface area contributed by atoms with Gasteiger partial charge >= 0.3 is 0 Å². The lowest BCUT2D eigenvalue weighted by atomic mass is 10.1. The quantitative estimate of drug-likeness (QED) is 0.299. The number of hydrogen-bond acceptors (Lipinski definition) is 2. The molecule has 0 heterocycles. The molecule has 2 heteroatoms. The molecule has 0 bridgehead atoms. The van der Waals surface area contributed by atoms with Gasteiger partial charge in [-0.25, -0.2) is 0 Å². The topological polar surface area (TPSA) is 29.5 Å². The van der Waals surface area contributed by atoms with Crippen LogP contribution in [0.1, 0.15) is 95.8 Å². The van der Waals surface area contributed by atoms with E-state index in [-0.39, 0.29) is 0 Å². The summed E-state index contributed by atoms with van der Waals surface area (Å²) in [5.74, 6) is 0. The first-order valence-corrected chi connectivity index (χ1v) is 9.69. The maximum absolute atomic E-state index is 9.88. The molecule has 132 valence electrons. The van der Waals surface area contributed by atoms with E-state index in [0.29, 0.717) is 6.61 Å². The van der Waals surface area contributed by atoms with Crippen LogP contribution in [0.5, 0.6) is 0 Å². The van der Waals surface area contributed by atoms with Crippen molar-refractivity contribution >= 4 is 0 Å². The molecule has 0 fully saturated rings. The minimum atomic E-state index is -0.774. The maximum atomic E-state index is 9.88. The largest absolute Gasteiger partial charge is 0.364 e. The SMILES string of the molecule is CCCCCCCCCCCCCCOC(O)c1ccccc1. The zero-order valence-electron chi connectivity index (χ0n) is 15.0. The molecule has 1 atom stereocenters. The van der Waals surface area contributed by atoms with Gasteiger partial charge in [-0.15, -0.1) is 0 Å². The summed E-state index contributed by atoms with van der Waals surface area (Å²) in [7, 11) is 0. The molecule has 0 radical (unpaired) electrons. The van der Waals surface area contributed by atoms with Crippen LogP contribution in [-0.2, 0) is 4.74 Å². The number of aliphatic hydroxyl groups excluding tert-OH is 1. The fourth-order valence-corrected chi connectivity index (χ4v) is 2.85.